The van der Waals surface area contributed by atoms with Crippen LogP contribution in [-0.2, 0) is 0 Å². The van der Waals surface area contributed by atoms with Gasteiger partial charge < -0.3 is 15.2 Å². The molecule has 0 fully saturated rings. The summed E-state index contributed by atoms with van der Waals surface area (Å²) in [5.41, 5.74) is 5.40. The van der Waals surface area contributed by atoms with E-state index in [0.29, 0.717) is 6.29 Å². The molecule has 0 unspecified atom stereocenters. The largest absolute Gasteiger partial charge is 0.493 e. The lowest BCUT2D eigenvalue weighted by molar-refractivity contribution is 0.0999. The number of carbonyl (C=O) groups excluding carboxylic acids is 2. The lowest BCUT2D eigenvalue weighted by Gasteiger charge is -2.11. The van der Waals surface area contributed by atoms with E-state index >= 15 is 0 Å². The number of halogens is 1. The van der Waals surface area contributed by atoms with E-state index in [0.717, 1.165) is 6.07 Å². The van der Waals surface area contributed by atoms with Crippen molar-refractivity contribution in [1.29, 1.82) is 0 Å². The number of primary amides is 1. The van der Waals surface area contributed by atoms with Crippen molar-refractivity contribution in [3.05, 3.63) is 47.4 Å². The molecule has 0 saturated heterocycles. The van der Waals surface area contributed by atoms with Crippen molar-refractivity contribution in [2.45, 2.75) is 0 Å². The standard InChI is InChI=1S/C14H11FN2O4/c1-20-11-5-8(7-18)4-10(15)13(11)21-12-3-2-9(6-17-12)14(16)19/h2-7H,1H3,(H2,16,19). The molecule has 0 radical (unpaired) electrons. The highest BCUT2D eigenvalue weighted by Crippen LogP contribution is 2.34. The van der Waals surface area contributed by atoms with Gasteiger partial charge in [-0.25, -0.2) is 9.37 Å². The van der Waals surface area contributed by atoms with Crippen LogP contribution in [-0.4, -0.2) is 24.3 Å². The number of carbonyl (C=O) groups is 2. The molecule has 2 N–H and O–H groups in total. The monoisotopic (exact) mass is 290 g/mol. The van der Waals surface area contributed by atoms with E-state index in [4.69, 9.17) is 15.2 Å². The molecule has 6 nitrogen and oxygen atoms in total. The minimum absolute atomic E-state index is 0.0519. The number of rotatable bonds is 5. The van der Waals surface area contributed by atoms with E-state index in [1.807, 2.05) is 0 Å². The van der Waals surface area contributed by atoms with Crippen LogP contribution in [0.4, 0.5) is 4.39 Å². The highest BCUT2D eigenvalue weighted by Gasteiger charge is 2.15. The highest BCUT2D eigenvalue weighted by atomic mass is 19.1. The van der Waals surface area contributed by atoms with Crippen LogP contribution in [0.3, 0.4) is 0 Å². The number of benzene rings is 1. The number of nitrogens with two attached hydrogens (primary N) is 1. The summed E-state index contributed by atoms with van der Waals surface area (Å²) in [6.45, 7) is 0. The second kappa shape index (κ2) is 6.00. The Bertz CT molecular complexity index is 686. The first kappa shape index (κ1) is 14.4. The third-order valence-corrected chi connectivity index (χ3v) is 2.62. The van der Waals surface area contributed by atoms with Crippen molar-refractivity contribution in [3.8, 4) is 17.4 Å². The van der Waals surface area contributed by atoms with Gasteiger partial charge in [0.2, 0.25) is 17.5 Å². The number of nitrogens with zero attached hydrogens (tertiary/aromatic N) is 1. The average Bonchev–Trinajstić information content (AvgIpc) is 2.49. The molecule has 2 aromatic rings. The van der Waals surface area contributed by atoms with Crippen LogP contribution in [0.25, 0.3) is 0 Å². The summed E-state index contributed by atoms with van der Waals surface area (Å²) < 4.78 is 24.2. The lowest BCUT2D eigenvalue weighted by atomic mass is 10.2. The Labute approximate surface area is 119 Å². The first-order valence-corrected chi connectivity index (χ1v) is 5.81. The minimum atomic E-state index is -0.766. The smallest absolute Gasteiger partial charge is 0.250 e. The van der Waals surface area contributed by atoms with Crippen LogP contribution in [0.2, 0.25) is 0 Å². The molecule has 1 aromatic heterocycles. The van der Waals surface area contributed by atoms with Crippen molar-refractivity contribution in [2.24, 2.45) is 5.73 Å². The van der Waals surface area contributed by atoms with Gasteiger partial charge >= 0.3 is 0 Å². The molecule has 0 aliphatic heterocycles. The van der Waals surface area contributed by atoms with Crippen LogP contribution in [0.5, 0.6) is 17.4 Å². The van der Waals surface area contributed by atoms with Crippen LogP contribution in [0.1, 0.15) is 20.7 Å². The first-order valence-electron chi connectivity index (χ1n) is 5.81. The molecule has 1 heterocycles. The van der Waals surface area contributed by atoms with Gasteiger partial charge in [-0.05, 0) is 18.2 Å². The number of pyridine rings is 1. The summed E-state index contributed by atoms with van der Waals surface area (Å²) in [5, 5.41) is 0. The van der Waals surface area contributed by atoms with Crippen molar-refractivity contribution < 1.29 is 23.5 Å². The molecular formula is C14H11FN2O4. The quantitative estimate of drug-likeness (QED) is 0.849. The van der Waals surface area contributed by atoms with Gasteiger partial charge in [-0.1, -0.05) is 0 Å². The number of aromatic nitrogens is 1. The third-order valence-electron chi connectivity index (χ3n) is 2.62. The first-order chi connectivity index (χ1) is 10.0. The summed E-state index contributed by atoms with van der Waals surface area (Å²) in [5.74, 6) is -1.50. The minimum Gasteiger partial charge on any atom is -0.493 e. The molecule has 2 rings (SSSR count). The Hall–Kier alpha value is -2.96. The van der Waals surface area contributed by atoms with Crippen LogP contribution < -0.4 is 15.2 Å². The van der Waals surface area contributed by atoms with Gasteiger partial charge in [0.25, 0.3) is 0 Å². The molecule has 0 aliphatic rings. The zero-order chi connectivity index (χ0) is 15.4. The van der Waals surface area contributed by atoms with Crippen LogP contribution in [0, 0.1) is 5.82 Å². The van der Waals surface area contributed by atoms with Crippen LogP contribution >= 0.6 is 0 Å². The molecule has 0 bridgehead atoms. The fourth-order valence-electron chi connectivity index (χ4n) is 1.60. The van der Waals surface area contributed by atoms with Gasteiger partial charge in [0.05, 0.1) is 12.7 Å². The van der Waals surface area contributed by atoms with E-state index in [-0.39, 0.29) is 28.5 Å². The summed E-state index contributed by atoms with van der Waals surface area (Å²) in [4.78, 5) is 25.4. The zero-order valence-electron chi connectivity index (χ0n) is 11.0. The Balaban J connectivity index is 2.34. The van der Waals surface area contributed by atoms with Gasteiger partial charge in [-0.3, -0.25) is 9.59 Å². The Morgan fingerprint density at radius 2 is 2.14 bits per heavy atom. The molecule has 21 heavy (non-hydrogen) atoms. The molecule has 0 spiro atoms. The lowest BCUT2D eigenvalue weighted by Crippen LogP contribution is -2.11. The molecule has 0 aliphatic carbocycles. The summed E-state index contributed by atoms with van der Waals surface area (Å²) in [6.07, 6.45) is 1.71. The van der Waals surface area contributed by atoms with Crippen molar-refractivity contribution in [3.63, 3.8) is 0 Å². The predicted octanol–water partition coefficient (Wildman–Crippen LogP) is 1.93. The summed E-state index contributed by atoms with van der Waals surface area (Å²) in [7, 11) is 1.32. The molecule has 1 amide bonds. The fourth-order valence-corrected chi connectivity index (χ4v) is 1.60. The van der Waals surface area contributed by atoms with Crippen molar-refractivity contribution >= 4 is 12.2 Å². The van der Waals surface area contributed by atoms with E-state index < -0.39 is 11.7 Å². The second-order valence-corrected chi connectivity index (χ2v) is 4.00. The number of hydrogen-bond donors (Lipinski definition) is 1. The average molecular weight is 290 g/mol. The van der Waals surface area contributed by atoms with Gasteiger partial charge in [0, 0.05) is 17.8 Å². The van der Waals surface area contributed by atoms with Gasteiger partial charge in [-0.15, -0.1) is 0 Å². The van der Waals surface area contributed by atoms with E-state index in [1.54, 1.807) is 0 Å². The van der Waals surface area contributed by atoms with Gasteiger partial charge in [0.15, 0.2) is 11.6 Å². The van der Waals surface area contributed by atoms with E-state index in [1.165, 1.54) is 31.5 Å². The fraction of sp³-hybridized carbons (Fsp3) is 0.0714. The number of aldehydes is 1. The number of hydrogen-bond acceptors (Lipinski definition) is 5. The number of methoxy groups -OCH3 is 1. The maximum absolute atomic E-state index is 13.9. The van der Waals surface area contributed by atoms with Crippen molar-refractivity contribution in [2.75, 3.05) is 7.11 Å². The van der Waals surface area contributed by atoms with E-state index in [9.17, 15) is 14.0 Å². The number of ether oxygens (including phenoxy) is 2. The molecular weight excluding hydrogens is 279 g/mol. The maximum atomic E-state index is 13.9. The molecule has 0 saturated carbocycles. The Morgan fingerprint density at radius 1 is 1.38 bits per heavy atom. The van der Waals surface area contributed by atoms with Crippen LogP contribution in [0.15, 0.2) is 30.5 Å². The maximum Gasteiger partial charge on any atom is 0.250 e. The van der Waals surface area contributed by atoms with Crippen molar-refractivity contribution in [1.82, 2.24) is 4.98 Å². The normalized spacial score (nSPS) is 10.0. The topological polar surface area (TPSA) is 91.5 Å². The second-order valence-electron chi connectivity index (χ2n) is 4.00. The third kappa shape index (κ3) is 3.14. The highest BCUT2D eigenvalue weighted by molar-refractivity contribution is 5.92. The van der Waals surface area contributed by atoms with Gasteiger partial charge in [0.1, 0.15) is 6.29 Å². The van der Waals surface area contributed by atoms with E-state index in [2.05, 4.69) is 4.98 Å². The predicted molar refractivity (Wildman–Crippen MR) is 71.2 cm³/mol. The summed E-state index contributed by atoms with van der Waals surface area (Å²) >= 11 is 0. The number of amides is 1. The SMILES string of the molecule is COc1cc(C=O)cc(F)c1Oc1ccc(C(N)=O)cn1. The molecule has 7 heteroatoms. The Kier molecular flexibility index (Phi) is 4.13. The Morgan fingerprint density at radius 3 is 2.67 bits per heavy atom. The molecule has 1 aromatic carbocycles. The zero-order valence-corrected chi connectivity index (χ0v) is 11.0. The summed E-state index contributed by atoms with van der Waals surface area (Å²) in [6, 6.07) is 5.12. The molecule has 108 valence electrons. The van der Waals surface area contributed by atoms with Gasteiger partial charge in [-0.2, -0.15) is 0 Å². The molecule has 0 atom stereocenters.